The number of esters is 1. The van der Waals surface area contributed by atoms with Crippen molar-refractivity contribution < 1.29 is 19.1 Å². The molecule has 2 atom stereocenters. The zero-order chi connectivity index (χ0) is 20.1. The van der Waals surface area contributed by atoms with Crippen molar-refractivity contribution in [3.63, 3.8) is 0 Å². The van der Waals surface area contributed by atoms with Crippen molar-refractivity contribution in [2.24, 2.45) is 0 Å². The molecule has 6 heteroatoms. The second-order valence-corrected chi connectivity index (χ2v) is 7.39. The summed E-state index contributed by atoms with van der Waals surface area (Å²) in [4.78, 5) is 24.5. The van der Waals surface area contributed by atoms with E-state index < -0.39 is 12.1 Å². The van der Waals surface area contributed by atoms with Gasteiger partial charge in [-0.15, -0.1) is 0 Å². The largest absolute Gasteiger partial charge is 0.482 e. The number of carbonyl (C=O) groups is 2. The second kappa shape index (κ2) is 9.11. The molecule has 0 heterocycles. The first-order valence-corrected chi connectivity index (χ1v) is 9.78. The SMILES string of the molecule is Cc1cc(OCC(=O)O[C@@H](C)C(=O)N[C@H]2CCCc3ccccc32)ccc1Cl. The predicted molar refractivity (Wildman–Crippen MR) is 108 cm³/mol. The van der Waals surface area contributed by atoms with E-state index in [1.807, 2.05) is 25.1 Å². The molecule has 0 aliphatic heterocycles. The highest BCUT2D eigenvalue weighted by molar-refractivity contribution is 6.31. The average Bonchev–Trinajstić information content (AvgIpc) is 2.69. The van der Waals surface area contributed by atoms with Gasteiger partial charge in [-0.2, -0.15) is 0 Å². The zero-order valence-corrected chi connectivity index (χ0v) is 16.8. The fraction of sp³-hybridized carbons (Fsp3) is 0.364. The van der Waals surface area contributed by atoms with Gasteiger partial charge in [0.05, 0.1) is 6.04 Å². The number of aryl methyl sites for hydroxylation is 2. The van der Waals surface area contributed by atoms with Crippen molar-refractivity contribution in [2.75, 3.05) is 6.61 Å². The molecule has 1 N–H and O–H groups in total. The highest BCUT2D eigenvalue weighted by atomic mass is 35.5. The third-order valence-corrected chi connectivity index (χ3v) is 5.27. The van der Waals surface area contributed by atoms with Gasteiger partial charge in [-0.1, -0.05) is 35.9 Å². The highest BCUT2D eigenvalue weighted by Crippen LogP contribution is 2.29. The molecule has 1 aliphatic rings. The van der Waals surface area contributed by atoms with E-state index in [9.17, 15) is 9.59 Å². The first-order chi connectivity index (χ1) is 13.4. The quantitative estimate of drug-likeness (QED) is 0.738. The van der Waals surface area contributed by atoms with Crippen molar-refractivity contribution >= 4 is 23.5 Å². The minimum atomic E-state index is -0.892. The molecule has 0 aromatic heterocycles. The predicted octanol–water partition coefficient (Wildman–Crippen LogP) is 4.15. The Kier molecular flexibility index (Phi) is 6.57. The molecule has 2 aromatic carbocycles. The van der Waals surface area contributed by atoms with Crippen LogP contribution < -0.4 is 10.1 Å². The molecule has 1 amide bonds. The summed E-state index contributed by atoms with van der Waals surface area (Å²) in [6.45, 7) is 3.14. The number of benzene rings is 2. The lowest BCUT2D eigenvalue weighted by Gasteiger charge is -2.27. The Bertz CT molecular complexity index is 867. The van der Waals surface area contributed by atoms with Crippen LogP contribution in [0.5, 0.6) is 5.75 Å². The minimum absolute atomic E-state index is 0.0492. The number of halogens is 1. The fourth-order valence-electron chi connectivity index (χ4n) is 3.33. The van der Waals surface area contributed by atoms with Crippen LogP contribution in [0.25, 0.3) is 0 Å². The van der Waals surface area contributed by atoms with E-state index in [2.05, 4.69) is 11.4 Å². The Hall–Kier alpha value is -2.53. The van der Waals surface area contributed by atoms with Crippen molar-refractivity contribution in [1.82, 2.24) is 5.32 Å². The van der Waals surface area contributed by atoms with Gasteiger partial charge in [0.25, 0.3) is 5.91 Å². The first-order valence-electron chi connectivity index (χ1n) is 9.40. The van der Waals surface area contributed by atoms with Gasteiger partial charge in [-0.25, -0.2) is 4.79 Å². The topological polar surface area (TPSA) is 64.6 Å². The molecular formula is C22H24ClNO4. The second-order valence-electron chi connectivity index (χ2n) is 6.98. The van der Waals surface area contributed by atoms with Crippen molar-refractivity contribution in [1.29, 1.82) is 0 Å². The van der Waals surface area contributed by atoms with Crippen molar-refractivity contribution in [2.45, 2.75) is 45.3 Å². The molecule has 0 spiro atoms. The molecule has 5 nitrogen and oxygen atoms in total. The maximum Gasteiger partial charge on any atom is 0.344 e. The molecule has 3 rings (SSSR count). The third kappa shape index (κ3) is 5.04. The van der Waals surface area contributed by atoms with Crippen molar-refractivity contribution in [3.8, 4) is 5.75 Å². The van der Waals surface area contributed by atoms with Crippen LogP contribution in [0.3, 0.4) is 0 Å². The number of hydrogen-bond acceptors (Lipinski definition) is 4. The molecule has 0 radical (unpaired) electrons. The summed E-state index contributed by atoms with van der Waals surface area (Å²) in [5.74, 6) is -0.383. The van der Waals surface area contributed by atoms with Gasteiger partial charge in [0.2, 0.25) is 0 Å². The summed E-state index contributed by atoms with van der Waals surface area (Å²) in [5, 5.41) is 3.63. The van der Waals surface area contributed by atoms with Gasteiger partial charge in [0, 0.05) is 5.02 Å². The van der Waals surface area contributed by atoms with E-state index in [-0.39, 0.29) is 18.6 Å². The lowest BCUT2D eigenvalue weighted by atomic mass is 9.87. The first kappa shape index (κ1) is 20.2. The van der Waals surface area contributed by atoms with Crippen LogP contribution in [0.1, 0.15) is 42.5 Å². The Labute approximate surface area is 170 Å². The van der Waals surface area contributed by atoms with Crippen LogP contribution in [0.15, 0.2) is 42.5 Å². The maximum absolute atomic E-state index is 12.5. The lowest BCUT2D eigenvalue weighted by molar-refractivity contribution is -0.156. The minimum Gasteiger partial charge on any atom is -0.482 e. The maximum atomic E-state index is 12.5. The molecule has 0 unspecified atom stereocenters. The van der Waals surface area contributed by atoms with E-state index in [1.54, 1.807) is 25.1 Å². The Balaban J connectivity index is 1.50. The summed E-state index contributed by atoms with van der Waals surface area (Å²) >= 11 is 5.97. The Morgan fingerprint density at radius 2 is 2.04 bits per heavy atom. The number of nitrogens with one attached hydrogen (secondary N) is 1. The standard InChI is InChI=1S/C22H24ClNO4/c1-14-12-17(10-11-19(14)23)27-13-21(25)28-15(2)22(26)24-20-9-5-7-16-6-3-4-8-18(16)20/h3-4,6,8,10-12,15,20H,5,7,9,13H2,1-2H3,(H,24,26)/t15-,20-/m0/s1. The lowest BCUT2D eigenvalue weighted by Crippen LogP contribution is -2.39. The molecule has 0 bridgehead atoms. The van der Waals surface area contributed by atoms with E-state index in [0.717, 1.165) is 30.4 Å². The van der Waals surface area contributed by atoms with Gasteiger partial charge in [-0.05, 0) is 68.0 Å². The highest BCUT2D eigenvalue weighted by Gasteiger charge is 2.25. The molecule has 1 aliphatic carbocycles. The van der Waals surface area contributed by atoms with Gasteiger partial charge in [-0.3, -0.25) is 4.79 Å². The number of amides is 1. The fourth-order valence-corrected chi connectivity index (χ4v) is 3.44. The van der Waals surface area contributed by atoms with Crippen LogP contribution in [-0.2, 0) is 20.7 Å². The van der Waals surface area contributed by atoms with E-state index in [0.29, 0.717) is 10.8 Å². The Morgan fingerprint density at radius 3 is 2.82 bits per heavy atom. The summed E-state index contributed by atoms with van der Waals surface area (Å²) in [5.41, 5.74) is 3.26. The smallest absolute Gasteiger partial charge is 0.344 e. The average molecular weight is 402 g/mol. The molecule has 2 aromatic rings. The van der Waals surface area contributed by atoms with Gasteiger partial charge < -0.3 is 14.8 Å². The summed E-state index contributed by atoms with van der Waals surface area (Å²) < 4.78 is 10.6. The van der Waals surface area contributed by atoms with Crippen LogP contribution in [-0.4, -0.2) is 24.6 Å². The number of ether oxygens (including phenoxy) is 2. The summed E-state index contributed by atoms with van der Waals surface area (Å²) in [6.07, 6.45) is 2.03. The van der Waals surface area contributed by atoms with Crippen LogP contribution in [0, 0.1) is 6.92 Å². The van der Waals surface area contributed by atoms with Crippen LogP contribution in [0.2, 0.25) is 5.02 Å². The summed E-state index contributed by atoms with van der Waals surface area (Å²) in [6, 6.07) is 13.2. The number of hydrogen-bond donors (Lipinski definition) is 1. The van der Waals surface area contributed by atoms with E-state index in [4.69, 9.17) is 21.1 Å². The third-order valence-electron chi connectivity index (χ3n) is 4.85. The monoisotopic (exact) mass is 401 g/mol. The number of rotatable bonds is 6. The zero-order valence-electron chi connectivity index (χ0n) is 16.0. The van der Waals surface area contributed by atoms with E-state index >= 15 is 0 Å². The number of carbonyl (C=O) groups excluding carboxylic acids is 2. The van der Waals surface area contributed by atoms with Gasteiger partial charge in [0.15, 0.2) is 12.7 Å². The van der Waals surface area contributed by atoms with E-state index in [1.165, 1.54) is 5.56 Å². The number of fused-ring (bicyclic) bond motifs is 1. The molecule has 0 saturated carbocycles. The molecule has 28 heavy (non-hydrogen) atoms. The molecule has 148 valence electrons. The van der Waals surface area contributed by atoms with Crippen molar-refractivity contribution in [3.05, 3.63) is 64.2 Å². The van der Waals surface area contributed by atoms with Gasteiger partial charge in [0.1, 0.15) is 5.75 Å². The Morgan fingerprint density at radius 1 is 1.25 bits per heavy atom. The van der Waals surface area contributed by atoms with Gasteiger partial charge >= 0.3 is 5.97 Å². The van der Waals surface area contributed by atoms with Crippen LogP contribution >= 0.6 is 11.6 Å². The summed E-state index contributed by atoms with van der Waals surface area (Å²) in [7, 11) is 0. The van der Waals surface area contributed by atoms with Crippen LogP contribution in [0.4, 0.5) is 0 Å². The normalized spacial score (nSPS) is 16.6. The molecule has 0 fully saturated rings. The molecular weight excluding hydrogens is 378 g/mol. The molecule has 0 saturated heterocycles.